The molecule has 340 valence electrons. The van der Waals surface area contributed by atoms with E-state index in [2.05, 4.69) is 235 Å². The molecule has 2 aromatic heterocycles. The fourth-order valence-corrected chi connectivity index (χ4v) is 13.1. The quantitative estimate of drug-likeness (QED) is 0.144. The molecule has 0 saturated carbocycles. The number of rotatable bonds is 9. The molecule has 14 rings (SSSR count). The van der Waals surface area contributed by atoms with E-state index in [9.17, 15) is 0 Å². The number of para-hydroxylation sites is 2. The first kappa shape index (κ1) is 41.8. The molecule has 9 aromatic carbocycles. The summed E-state index contributed by atoms with van der Waals surface area (Å²) in [7, 11) is 0. The van der Waals surface area contributed by atoms with E-state index >= 15 is 0 Å². The summed E-state index contributed by atoms with van der Waals surface area (Å²) in [4.78, 5) is 5.11. The summed E-state index contributed by atoms with van der Waals surface area (Å²) in [6.45, 7) is 3.26. The van der Waals surface area contributed by atoms with Crippen molar-refractivity contribution in [3.8, 4) is 22.3 Å². The Labute approximate surface area is 418 Å². The molecule has 0 spiro atoms. The maximum Gasteiger partial charge on any atom is 0.143 e. The number of allylic oxidation sites excluding steroid dienone is 5. The summed E-state index contributed by atoms with van der Waals surface area (Å²) in [6.07, 6.45) is 16.0. The fourth-order valence-electron chi connectivity index (χ4n) is 11.8. The maximum absolute atomic E-state index is 6.42. The van der Waals surface area contributed by atoms with Crippen LogP contribution in [0.25, 0.3) is 86.3 Å². The number of thiophene rings is 1. The number of hydrogen-bond acceptors (Lipinski definition) is 4. The molecule has 3 nitrogen and oxygen atoms in total. The minimum Gasteiger partial charge on any atom is -0.455 e. The van der Waals surface area contributed by atoms with Crippen LogP contribution in [0, 0.1) is 0 Å². The lowest BCUT2D eigenvalue weighted by atomic mass is 9.79. The minimum absolute atomic E-state index is 0.187. The van der Waals surface area contributed by atoms with Gasteiger partial charge in [0, 0.05) is 65.7 Å². The molecule has 0 fully saturated rings. The molecule has 71 heavy (non-hydrogen) atoms. The van der Waals surface area contributed by atoms with E-state index in [-0.39, 0.29) is 5.54 Å². The number of benzene rings is 9. The average Bonchev–Trinajstić information content (AvgIpc) is 4.09. The van der Waals surface area contributed by atoms with E-state index in [1.165, 1.54) is 92.7 Å². The summed E-state index contributed by atoms with van der Waals surface area (Å²) in [5.74, 6) is 0. The molecule has 0 amide bonds. The van der Waals surface area contributed by atoms with Crippen LogP contribution in [-0.4, -0.2) is 12.1 Å². The van der Waals surface area contributed by atoms with Crippen LogP contribution in [0.15, 0.2) is 235 Å². The SMILES string of the molecule is CC12CC=C(c3ccc(N(CCc4ccc(-c5cccc6c5oc5ccccc56)cc4)c4ccc(-c5cccc6c5sc5ccccc56)cc4)cc3)C=C1c1c(ccc3ccccc13)N2C1=CCCC=C1. The lowest BCUT2D eigenvalue weighted by Gasteiger charge is -2.40. The van der Waals surface area contributed by atoms with Gasteiger partial charge in [0.2, 0.25) is 0 Å². The zero-order valence-corrected chi connectivity index (χ0v) is 40.4. The van der Waals surface area contributed by atoms with E-state index in [1.807, 2.05) is 17.4 Å². The number of anilines is 3. The molecule has 1 atom stereocenters. The zero-order valence-electron chi connectivity index (χ0n) is 39.6. The largest absolute Gasteiger partial charge is 0.455 e. The molecular weight excluding hydrogens is 881 g/mol. The monoisotopic (exact) mass is 930 g/mol. The predicted octanol–water partition coefficient (Wildman–Crippen LogP) is 18.5. The highest BCUT2D eigenvalue weighted by atomic mass is 32.1. The van der Waals surface area contributed by atoms with Crippen LogP contribution in [0.2, 0.25) is 0 Å². The van der Waals surface area contributed by atoms with Gasteiger partial charge in [-0.15, -0.1) is 11.3 Å². The van der Waals surface area contributed by atoms with Crippen LogP contribution < -0.4 is 9.80 Å². The highest BCUT2D eigenvalue weighted by Gasteiger charge is 2.47. The Morgan fingerprint density at radius 2 is 1.25 bits per heavy atom. The maximum atomic E-state index is 6.42. The Morgan fingerprint density at radius 1 is 0.577 bits per heavy atom. The van der Waals surface area contributed by atoms with Crippen molar-refractivity contribution in [2.75, 3.05) is 16.3 Å². The standard InChI is InChI=1S/C67H50N2OS/c1-67-41-39-49(43-60(67)64-53-16-6-5-13-46(53)33-38-61(64)69(67)52-14-3-2-4-15-52)45-29-34-50(35-30-45)68(51-36-31-48(32-37-51)55-20-12-22-59-57-18-8-10-24-63(57)71-66(55)59)42-40-44-25-27-47(28-26-44)54-19-11-21-58-56-17-7-9-23-62(56)70-65(54)58/h3,5-39,43H,2,4,40-42H2,1H3. The number of furan rings is 1. The minimum atomic E-state index is -0.187. The highest BCUT2D eigenvalue weighted by Crippen LogP contribution is 2.56. The van der Waals surface area contributed by atoms with E-state index in [1.54, 1.807) is 0 Å². The molecular formula is C67H50N2OS. The molecule has 1 aliphatic heterocycles. The molecule has 0 saturated heterocycles. The first-order valence-electron chi connectivity index (χ1n) is 25.1. The van der Waals surface area contributed by atoms with Crippen molar-refractivity contribution in [1.29, 1.82) is 0 Å². The van der Waals surface area contributed by atoms with E-state index in [0.717, 1.165) is 65.3 Å². The third-order valence-corrected chi connectivity index (χ3v) is 16.7. The molecule has 0 N–H and O–H groups in total. The highest BCUT2D eigenvalue weighted by molar-refractivity contribution is 7.26. The lowest BCUT2D eigenvalue weighted by Crippen LogP contribution is -2.43. The first-order valence-corrected chi connectivity index (χ1v) is 25.9. The molecule has 0 bridgehead atoms. The normalized spacial score (nSPS) is 16.4. The third kappa shape index (κ3) is 6.92. The topological polar surface area (TPSA) is 19.6 Å². The van der Waals surface area contributed by atoms with Crippen molar-refractivity contribution >= 4 is 92.4 Å². The van der Waals surface area contributed by atoms with Crippen molar-refractivity contribution in [2.45, 2.75) is 38.1 Å². The molecule has 4 heteroatoms. The predicted molar refractivity (Wildman–Crippen MR) is 303 cm³/mol. The second kappa shape index (κ2) is 16.8. The van der Waals surface area contributed by atoms with Gasteiger partial charge >= 0.3 is 0 Å². The summed E-state index contributed by atoms with van der Waals surface area (Å²) in [6, 6.07) is 71.5. The molecule has 2 aliphatic carbocycles. The number of hydrogen-bond donors (Lipinski definition) is 0. The van der Waals surface area contributed by atoms with Crippen molar-refractivity contribution in [2.24, 2.45) is 0 Å². The second-order valence-electron chi connectivity index (χ2n) is 19.6. The Balaban J connectivity index is 0.800. The Morgan fingerprint density at radius 3 is 2.06 bits per heavy atom. The van der Waals surface area contributed by atoms with Crippen molar-refractivity contribution in [3.63, 3.8) is 0 Å². The Bertz CT molecular complexity index is 4030. The van der Waals surface area contributed by atoms with Gasteiger partial charge in [-0.1, -0.05) is 170 Å². The molecule has 0 radical (unpaired) electrons. The first-order chi connectivity index (χ1) is 35.1. The van der Waals surface area contributed by atoms with Gasteiger partial charge in [-0.2, -0.15) is 0 Å². The number of fused-ring (bicyclic) bond motifs is 11. The van der Waals surface area contributed by atoms with Gasteiger partial charge in [0.1, 0.15) is 11.2 Å². The molecule has 3 heterocycles. The Kier molecular flexibility index (Phi) is 9.86. The molecule has 11 aromatic rings. The van der Waals surface area contributed by atoms with Crippen molar-refractivity contribution < 1.29 is 4.42 Å². The zero-order chi connectivity index (χ0) is 47.0. The smallest absolute Gasteiger partial charge is 0.143 e. The fraction of sp³-hybridized carbons (Fsp3) is 0.104. The van der Waals surface area contributed by atoms with Crippen LogP contribution in [0.4, 0.5) is 17.1 Å². The molecule has 1 unspecified atom stereocenters. The Hall–Kier alpha value is -8.18. The summed E-state index contributed by atoms with van der Waals surface area (Å²) in [5, 5.41) is 7.56. The van der Waals surface area contributed by atoms with Crippen LogP contribution in [0.1, 0.15) is 42.9 Å². The van der Waals surface area contributed by atoms with E-state index < -0.39 is 0 Å². The van der Waals surface area contributed by atoms with Gasteiger partial charge in [0.05, 0.1) is 11.2 Å². The van der Waals surface area contributed by atoms with Gasteiger partial charge in [0.15, 0.2) is 0 Å². The summed E-state index contributed by atoms with van der Waals surface area (Å²) in [5.41, 5.74) is 18.0. The van der Waals surface area contributed by atoms with Crippen molar-refractivity contribution in [3.05, 3.63) is 247 Å². The number of nitrogens with zero attached hydrogens (tertiary/aromatic N) is 2. The van der Waals surface area contributed by atoms with Crippen LogP contribution in [-0.2, 0) is 6.42 Å². The van der Waals surface area contributed by atoms with Crippen LogP contribution in [0.3, 0.4) is 0 Å². The summed E-state index contributed by atoms with van der Waals surface area (Å²) >= 11 is 1.89. The van der Waals surface area contributed by atoms with Gasteiger partial charge < -0.3 is 14.2 Å². The van der Waals surface area contributed by atoms with Gasteiger partial charge in [0.25, 0.3) is 0 Å². The average molecular weight is 931 g/mol. The van der Waals surface area contributed by atoms with Crippen molar-refractivity contribution in [1.82, 2.24) is 0 Å². The summed E-state index contributed by atoms with van der Waals surface area (Å²) < 4.78 is 9.09. The van der Waals surface area contributed by atoms with Gasteiger partial charge in [-0.3, -0.25) is 0 Å². The van der Waals surface area contributed by atoms with E-state index in [0.29, 0.717) is 0 Å². The van der Waals surface area contributed by atoms with Gasteiger partial charge in [-0.05, 0) is 137 Å². The van der Waals surface area contributed by atoms with E-state index in [4.69, 9.17) is 4.42 Å². The van der Waals surface area contributed by atoms with Gasteiger partial charge in [-0.25, -0.2) is 0 Å². The second-order valence-corrected chi connectivity index (χ2v) is 20.6. The lowest BCUT2D eigenvalue weighted by molar-refractivity contribution is 0.591. The van der Waals surface area contributed by atoms with Crippen LogP contribution >= 0.6 is 11.3 Å². The third-order valence-electron chi connectivity index (χ3n) is 15.4. The van der Waals surface area contributed by atoms with Crippen LogP contribution in [0.5, 0.6) is 0 Å². The molecule has 3 aliphatic rings.